The molecule has 5 N–H and O–H groups in total. The van der Waals surface area contributed by atoms with E-state index in [2.05, 4.69) is 45.3 Å². The van der Waals surface area contributed by atoms with Gasteiger partial charge < -0.3 is 15.2 Å². The topological polar surface area (TPSA) is 226 Å². The molecular formula is C43H40Cl2N10O6S3. The van der Waals surface area contributed by atoms with Crippen LogP contribution in [0.5, 0.6) is 11.5 Å². The van der Waals surface area contributed by atoms with Gasteiger partial charge in [0, 0.05) is 51.7 Å². The summed E-state index contributed by atoms with van der Waals surface area (Å²) in [5, 5.41) is 7.03. The molecule has 0 aliphatic heterocycles. The number of amides is 2. The lowest BCUT2D eigenvalue weighted by molar-refractivity contribution is 0.101. The van der Waals surface area contributed by atoms with Crippen LogP contribution in [-0.2, 0) is 10.0 Å². The summed E-state index contributed by atoms with van der Waals surface area (Å²) < 4.78 is 37.8. The molecule has 0 spiro atoms. The Morgan fingerprint density at radius 2 is 1.09 bits per heavy atom. The van der Waals surface area contributed by atoms with Crippen molar-refractivity contribution in [2.75, 3.05) is 41.6 Å². The van der Waals surface area contributed by atoms with Gasteiger partial charge in [0.15, 0.2) is 10.3 Å². The van der Waals surface area contributed by atoms with Crippen molar-refractivity contribution in [1.82, 2.24) is 29.9 Å². The monoisotopic (exact) mass is 958 g/mol. The Hall–Kier alpha value is -6.51. The summed E-state index contributed by atoms with van der Waals surface area (Å²) >= 11 is 14.7. The number of benzene rings is 2. The van der Waals surface area contributed by atoms with Crippen molar-refractivity contribution in [3.05, 3.63) is 118 Å². The Morgan fingerprint density at radius 3 is 1.55 bits per heavy atom. The number of thiazole rings is 2. The predicted octanol–water partition coefficient (Wildman–Crippen LogP) is 9.93. The number of pyridine rings is 4. The molecule has 0 radical (unpaired) electrons. The highest BCUT2D eigenvalue weighted by molar-refractivity contribution is 7.92. The van der Waals surface area contributed by atoms with Gasteiger partial charge in [0.2, 0.25) is 10.0 Å². The minimum Gasteiger partial charge on any atom is -0.494 e. The molecule has 16 nitrogen and oxygen atoms in total. The molecule has 8 rings (SSSR count). The summed E-state index contributed by atoms with van der Waals surface area (Å²) in [7, 11) is -0.357. The summed E-state index contributed by atoms with van der Waals surface area (Å²) in [5.74, 6) is 0.213. The second kappa shape index (κ2) is 20.3. The number of aryl methyl sites for hydroxylation is 2. The molecule has 64 heavy (non-hydrogen) atoms. The Balaban J connectivity index is 0.000000206. The molecule has 6 aromatic heterocycles. The maximum atomic E-state index is 13.2. The van der Waals surface area contributed by atoms with E-state index in [4.69, 9.17) is 38.4 Å². The lowest BCUT2D eigenvalue weighted by Gasteiger charge is -2.13. The average Bonchev–Trinajstić information content (AvgIpc) is 3.85. The zero-order chi connectivity index (χ0) is 46.3. The molecule has 0 atom stereocenters. The van der Waals surface area contributed by atoms with E-state index < -0.39 is 15.9 Å². The molecule has 330 valence electrons. The number of nitrogens with one attached hydrogen (secondary N) is 3. The number of nitrogens with zero attached hydrogens (tertiary/aromatic N) is 6. The molecule has 0 fully saturated rings. The van der Waals surface area contributed by atoms with Crippen molar-refractivity contribution in [2.24, 2.45) is 0 Å². The molecule has 2 amide bonds. The first-order valence-electron chi connectivity index (χ1n) is 19.1. The number of carbonyl (C=O) groups excluding carboxylic acids is 2. The number of rotatable bonds is 10. The third-order valence-corrected chi connectivity index (χ3v) is 11.7. The number of fused-ring (bicyclic) bond motifs is 2. The molecule has 6 heterocycles. The van der Waals surface area contributed by atoms with Crippen LogP contribution in [0, 0.1) is 13.8 Å². The number of ether oxygens (including phenoxy) is 2. The van der Waals surface area contributed by atoms with Crippen LogP contribution >= 0.6 is 45.9 Å². The van der Waals surface area contributed by atoms with Crippen LogP contribution < -0.4 is 30.6 Å². The fourth-order valence-corrected chi connectivity index (χ4v) is 8.77. The number of hydrogen-bond donors (Lipinski definition) is 4. The van der Waals surface area contributed by atoms with Gasteiger partial charge in [-0.25, -0.2) is 28.4 Å². The van der Waals surface area contributed by atoms with Crippen LogP contribution in [0.4, 0.5) is 21.6 Å². The second-order valence-electron chi connectivity index (χ2n) is 13.4. The number of sulfonamides is 1. The third kappa shape index (κ3) is 11.3. The van der Waals surface area contributed by atoms with E-state index in [1.54, 1.807) is 42.5 Å². The zero-order valence-corrected chi connectivity index (χ0v) is 39.2. The predicted molar refractivity (Wildman–Crippen MR) is 257 cm³/mol. The number of carbonyl (C=O) groups is 2. The molecule has 8 aromatic rings. The fourth-order valence-electron chi connectivity index (χ4n) is 6.09. The highest BCUT2D eigenvalue weighted by Crippen LogP contribution is 2.37. The van der Waals surface area contributed by atoms with Crippen LogP contribution in [0.3, 0.4) is 0 Å². The summed E-state index contributed by atoms with van der Waals surface area (Å²) in [4.78, 5) is 51.7. The molecule has 0 saturated heterocycles. The van der Waals surface area contributed by atoms with Gasteiger partial charge in [-0.1, -0.05) is 59.7 Å². The average molecular weight is 960 g/mol. The van der Waals surface area contributed by atoms with Crippen LogP contribution in [0.15, 0.2) is 85.5 Å². The number of methoxy groups -OCH3 is 2. The van der Waals surface area contributed by atoms with Crippen LogP contribution in [0.25, 0.3) is 42.7 Å². The van der Waals surface area contributed by atoms with Crippen LogP contribution in [-0.4, -0.2) is 70.6 Å². The zero-order valence-electron chi connectivity index (χ0n) is 35.3. The Morgan fingerprint density at radius 1 is 0.641 bits per heavy atom. The number of aromatic nitrogens is 6. The van der Waals surface area contributed by atoms with Gasteiger partial charge in [-0.05, 0) is 74.5 Å². The van der Waals surface area contributed by atoms with E-state index in [1.165, 1.54) is 61.7 Å². The molecule has 0 aliphatic rings. The quantitative estimate of drug-likeness (QED) is 0.0740. The molecule has 0 bridgehead atoms. The van der Waals surface area contributed by atoms with Gasteiger partial charge >= 0.3 is 0 Å². The van der Waals surface area contributed by atoms with Crippen molar-refractivity contribution >= 4 is 110 Å². The van der Waals surface area contributed by atoms with Gasteiger partial charge in [-0.2, -0.15) is 0 Å². The first kappa shape index (κ1) is 47.0. The Kier molecular flexibility index (Phi) is 14.9. The van der Waals surface area contributed by atoms with Gasteiger partial charge in [-0.3, -0.25) is 34.9 Å². The number of hydrogen-bond acceptors (Lipinski definition) is 15. The third-order valence-electron chi connectivity index (χ3n) is 8.80. The van der Waals surface area contributed by atoms with Crippen molar-refractivity contribution in [3.63, 3.8) is 0 Å². The number of halogens is 2. The minimum atomic E-state index is -3.40. The summed E-state index contributed by atoms with van der Waals surface area (Å²) in [5.41, 5.74) is 12.9. The highest BCUT2D eigenvalue weighted by atomic mass is 35.5. The van der Waals surface area contributed by atoms with Gasteiger partial charge in [-0.15, -0.1) is 0 Å². The molecular weight excluding hydrogens is 920 g/mol. The van der Waals surface area contributed by atoms with Crippen LogP contribution in [0.2, 0.25) is 10.3 Å². The number of nitrogen functional groups attached to an aromatic ring is 1. The van der Waals surface area contributed by atoms with E-state index in [9.17, 15) is 18.0 Å². The van der Waals surface area contributed by atoms with E-state index in [1.807, 2.05) is 45.9 Å². The lowest BCUT2D eigenvalue weighted by atomic mass is 10.0. The SMILES string of the molecule is CC.COc1cnc(Cl)cc1-c1cc(C)ncc1C(=O)Nc1nc2ccc(N)cc2s1.COc1cnc(Cl)cc1-c1cc(C)ncc1C(=O)Nc1nc2ccc(NS(C)(=O)=O)cc2s1. The molecule has 0 aliphatic carbocycles. The second-order valence-corrected chi connectivity index (χ2v) is 18.0. The van der Waals surface area contributed by atoms with Crippen molar-refractivity contribution < 1.29 is 27.5 Å². The first-order valence-corrected chi connectivity index (χ1v) is 23.4. The summed E-state index contributed by atoms with van der Waals surface area (Å²) in [6.45, 7) is 7.66. The van der Waals surface area contributed by atoms with Crippen molar-refractivity contribution in [2.45, 2.75) is 27.7 Å². The fraction of sp³-hybridized carbons (Fsp3) is 0.163. The smallest absolute Gasteiger partial charge is 0.259 e. The molecule has 0 unspecified atom stereocenters. The number of anilines is 4. The van der Waals surface area contributed by atoms with Gasteiger partial charge in [0.25, 0.3) is 11.8 Å². The summed E-state index contributed by atoms with van der Waals surface area (Å²) in [6, 6.07) is 17.2. The van der Waals surface area contributed by atoms with E-state index in [0.29, 0.717) is 87.6 Å². The van der Waals surface area contributed by atoms with Crippen molar-refractivity contribution in [1.29, 1.82) is 0 Å². The normalized spacial score (nSPS) is 10.9. The molecule has 0 saturated carbocycles. The number of nitrogens with two attached hydrogens (primary N) is 1. The lowest BCUT2D eigenvalue weighted by Crippen LogP contribution is -2.14. The standard InChI is InChI=1S/C21H18ClN5O4S2.C20H16ClN5O2S.C2H6/c1-11-6-13(14-8-19(22)24-10-17(14)31-2)15(9-23-11)20(28)26-21-25-16-5-4-12(7-18(16)32-21)27-33(3,29)30;1-10-5-12(13-7-18(21)24-9-16(13)28-2)14(8-23-10)19(27)26-20-25-15-4-3-11(22)6-17(15)29-20;1-2/h4-10,27H,1-3H3,(H,25,26,28);3-9H,22H2,1-2H3,(H,25,26,27);1-2H3. The first-order chi connectivity index (χ1) is 30.6. The largest absolute Gasteiger partial charge is 0.494 e. The van der Waals surface area contributed by atoms with Crippen LogP contribution in [0.1, 0.15) is 46.0 Å². The highest BCUT2D eigenvalue weighted by Gasteiger charge is 2.21. The van der Waals surface area contributed by atoms with E-state index >= 15 is 0 Å². The Labute approximate surface area is 386 Å². The Bertz CT molecular complexity index is 3150. The van der Waals surface area contributed by atoms with Crippen molar-refractivity contribution in [3.8, 4) is 33.8 Å². The molecule has 21 heteroatoms. The maximum absolute atomic E-state index is 13.2. The minimum absolute atomic E-state index is 0.260. The van der Waals surface area contributed by atoms with E-state index in [-0.39, 0.29) is 11.1 Å². The molecule has 2 aromatic carbocycles. The van der Waals surface area contributed by atoms with E-state index in [0.717, 1.165) is 22.2 Å². The van der Waals surface area contributed by atoms with Gasteiger partial charge in [0.05, 0.1) is 70.1 Å². The van der Waals surface area contributed by atoms with Gasteiger partial charge in [0.1, 0.15) is 21.8 Å². The maximum Gasteiger partial charge on any atom is 0.259 e. The summed E-state index contributed by atoms with van der Waals surface area (Å²) in [6.07, 6.45) is 7.10.